The van der Waals surface area contributed by atoms with Gasteiger partial charge < -0.3 is 9.84 Å². The normalized spacial score (nSPS) is 15.2. The molecule has 0 saturated heterocycles. The highest BCUT2D eigenvalue weighted by molar-refractivity contribution is 5.80. The Hall–Kier alpha value is -3.32. The van der Waals surface area contributed by atoms with E-state index in [0.717, 1.165) is 37.7 Å². The zero-order valence-corrected chi connectivity index (χ0v) is 19.3. The van der Waals surface area contributed by atoms with E-state index < -0.39 is 5.97 Å². The number of hydrogen-bond acceptors (Lipinski definition) is 4. The fourth-order valence-electron chi connectivity index (χ4n) is 4.72. The number of aliphatic carboxylic acids is 1. The number of carbonyl (C=O) groups is 1. The molecule has 4 rings (SSSR count). The fraction of sp³-hybridized carbons (Fsp3) is 0.370. The molecular formula is C27H29FN2O4. The number of benzene rings is 2. The van der Waals surface area contributed by atoms with Crippen molar-refractivity contribution in [2.75, 3.05) is 13.2 Å². The van der Waals surface area contributed by atoms with Crippen molar-refractivity contribution in [2.24, 2.45) is 5.41 Å². The molecule has 1 aliphatic rings. The summed E-state index contributed by atoms with van der Waals surface area (Å²) in [6.07, 6.45) is 4.74. The van der Waals surface area contributed by atoms with Gasteiger partial charge in [-0.3, -0.25) is 4.79 Å². The van der Waals surface area contributed by atoms with Gasteiger partial charge in [0.1, 0.15) is 12.4 Å². The Balaban J connectivity index is 1.77. The van der Waals surface area contributed by atoms with Crippen LogP contribution in [0.3, 0.4) is 0 Å². The quantitative estimate of drug-likeness (QED) is 0.503. The summed E-state index contributed by atoms with van der Waals surface area (Å²) in [5, 5.41) is 13.7. The van der Waals surface area contributed by atoms with Gasteiger partial charge in [0.25, 0.3) is 5.56 Å². The van der Waals surface area contributed by atoms with Crippen molar-refractivity contribution < 1.29 is 19.0 Å². The number of carboxylic acids is 1. The van der Waals surface area contributed by atoms with Crippen LogP contribution in [0, 0.1) is 18.2 Å². The highest BCUT2D eigenvalue weighted by Crippen LogP contribution is 2.38. The van der Waals surface area contributed by atoms with Gasteiger partial charge in [0.15, 0.2) is 0 Å². The molecule has 1 heterocycles. The summed E-state index contributed by atoms with van der Waals surface area (Å²) in [7, 11) is 0. The lowest BCUT2D eigenvalue weighted by Gasteiger charge is -2.37. The standard InChI is InChI=1S/C27H29FN2O4/c1-19-10-11-21(14-23(19)28)26-22(20-8-4-2-5-9-20)15-24(31)30(29-26)17-27(12-6-3-7-13-27)18-34-16-25(32)33/h2,4-5,8-11,14-15H,3,6-7,12-13,16-18H2,1H3,(H,32,33). The molecule has 0 amide bonds. The van der Waals surface area contributed by atoms with Gasteiger partial charge in [0.05, 0.1) is 18.8 Å². The highest BCUT2D eigenvalue weighted by Gasteiger charge is 2.34. The van der Waals surface area contributed by atoms with Crippen LogP contribution in [-0.2, 0) is 16.1 Å². The Bertz CT molecular complexity index is 1220. The van der Waals surface area contributed by atoms with Crippen LogP contribution < -0.4 is 5.56 Å². The largest absolute Gasteiger partial charge is 0.480 e. The van der Waals surface area contributed by atoms with E-state index in [9.17, 15) is 14.0 Å². The third-order valence-electron chi connectivity index (χ3n) is 6.56. The molecule has 1 saturated carbocycles. The smallest absolute Gasteiger partial charge is 0.329 e. The minimum Gasteiger partial charge on any atom is -0.480 e. The molecule has 178 valence electrons. The molecule has 0 radical (unpaired) electrons. The number of carboxylic acid groups (broad SMARTS) is 1. The fourth-order valence-corrected chi connectivity index (χ4v) is 4.72. The molecule has 34 heavy (non-hydrogen) atoms. The predicted octanol–water partition coefficient (Wildman–Crippen LogP) is 5.08. The number of halogens is 1. The van der Waals surface area contributed by atoms with E-state index in [0.29, 0.717) is 28.9 Å². The molecule has 1 fully saturated rings. The van der Waals surface area contributed by atoms with Crippen LogP contribution in [0.15, 0.2) is 59.4 Å². The molecule has 1 N–H and O–H groups in total. The molecule has 0 spiro atoms. The van der Waals surface area contributed by atoms with Crippen LogP contribution >= 0.6 is 0 Å². The molecule has 0 atom stereocenters. The second kappa shape index (κ2) is 10.3. The molecule has 2 aromatic carbocycles. The summed E-state index contributed by atoms with van der Waals surface area (Å²) in [6, 6.07) is 16.0. The van der Waals surface area contributed by atoms with E-state index in [1.54, 1.807) is 19.1 Å². The summed E-state index contributed by atoms with van der Waals surface area (Å²) >= 11 is 0. The Kier molecular flexibility index (Phi) is 7.22. The van der Waals surface area contributed by atoms with Gasteiger partial charge in [-0.05, 0) is 37.0 Å². The summed E-state index contributed by atoms with van der Waals surface area (Å²) in [5.74, 6) is -1.35. The van der Waals surface area contributed by atoms with Crippen LogP contribution in [0.1, 0.15) is 37.7 Å². The minimum atomic E-state index is -1.02. The maximum absolute atomic E-state index is 14.5. The Morgan fingerprint density at radius 1 is 1.09 bits per heavy atom. The zero-order valence-electron chi connectivity index (χ0n) is 19.3. The first kappa shape index (κ1) is 23.8. The predicted molar refractivity (Wildman–Crippen MR) is 128 cm³/mol. The van der Waals surface area contributed by atoms with E-state index in [1.807, 2.05) is 36.4 Å². The van der Waals surface area contributed by atoms with Gasteiger partial charge in [-0.25, -0.2) is 13.9 Å². The second-order valence-corrected chi connectivity index (χ2v) is 9.18. The Morgan fingerprint density at radius 2 is 1.82 bits per heavy atom. The summed E-state index contributed by atoms with van der Waals surface area (Å²) in [5.41, 5.74) is 2.51. The average molecular weight is 465 g/mol. The van der Waals surface area contributed by atoms with E-state index in [-0.39, 0.29) is 30.0 Å². The van der Waals surface area contributed by atoms with Gasteiger partial charge in [-0.15, -0.1) is 0 Å². The third kappa shape index (κ3) is 5.42. The first-order valence-corrected chi connectivity index (χ1v) is 11.6. The van der Waals surface area contributed by atoms with Crippen LogP contribution in [0.4, 0.5) is 4.39 Å². The Morgan fingerprint density at radius 3 is 2.50 bits per heavy atom. The number of hydrogen-bond donors (Lipinski definition) is 1. The first-order valence-electron chi connectivity index (χ1n) is 11.6. The number of aromatic nitrogens is 2. The van der Waals surface area contributed by atoms with E-state index in [4.69, 9.17) is 14.9 Å². The first-order chi connectivity index (χ1) is 16.4. The van der Waals surface area contributed by atoms with Crippen molar-refractivity contribution in [3.05, 3.63) is 76.3 Å². The monoisotopic (exact) mass is 464 g/mol. The number of nitrogens with zero attached hydrogens (tertiary/aromatic N) is 2. The maximum Gasteiger partial charge on any atom is 0.329 e. The minimum absolute atomic E-state index is 0.252. The van der Waals surface area contributed by atoms with Crippen molar-refractivity contribution in [1.29, 1.82) is 0 Å². The molecule has 7 heteroatoms. The lowest BCUT2D eigenvalue weighted by atomic mass is 9.74. The zero-order chi connectivity index (χ0) is 24.1. The third-order valence-corrected chi connectivity index (χ3v) is 6.56. The lowest BCUT2D eigenvalue weighted by molar-refractivity contribution is -0.144. The molecule has 1 aromatic heterocycles. The molecule has 0 bridgehead atoms. The number of rotatable bonds is 8. The van der Waals surface area contributed by atoms with Crippen molar-refractivity contribution in [1.82, 2.24) is 9.78 Å². The van der Waals surface area contributed by atoms with E-state index >= 15 is 0 Å². The molecule has 3 aromatic rings. The maximum atomic E-state index is 14.5. The van der Waals surface area contributed by atoms with Crippen LogP contribution in [0.2, 0.25) is 0 Å². The van der Waals surface area contributed by atoms with E-state index in [1.165, 1.54) is 10.7 Å². The Labute approximate surface area is 198 Å². The molecule has 0 aliphatic heterocycles. The molecule has 0 unspecified atom stereocenters. The van der Waals surface area contributed by atoms with Crippen LogP contribution in [-0.4, -0.2) is 34.1 Å². The van der Waals surface area contributed by atoms with Crippen LogP contribution in [0.25, 0.3) is 22.4 Å². The summed E-state index contributed by atoms with van der Waals surface area (Å²) in [6.45, 7) is 1.91. The molecular weight excluding hydrogens is 435 g/mol. The number of aryl methyl sites for hydroxylation is 1. The number of ether oxygens (including phenoxy) is 1. The summed E-state index contributed by atoms with van der Waals surface area (Å²) in [4.78, 5) is 24.2. The SMILES string of the molecule is Cc1ccc(-c2nn(CC3(COCC(=O)O)CCCCC3)c(=O)cc2-c2ccccc2)cc1F. The van der Waals surface area contributed by atoms with Gasteiger partial charge in [-0.2, -0.15) is 5.10 Å². The summed E-state index contributed by atoms with van der Waals surface area (Å²) < 4.78 is 21.4. The topological polar surface area (TPSA) is 81.4 Å². The van der Waals surface area contributed by atoms with Crippen LogP contribution in [0.5, 0.6) is 0 Å². The molecule has 6 nitrogen and oxygen atoms in total. The van der Waals surface area contributed by atoms with Gasteiger partial charge in [0.2, 0.25) is 0 Å². The molecule has 1 aliphatic carbocycles. The average Bonchev–Trinajstić information content (AvgIpc) is 2.83. The van der Waals surface area contributed by atoms with Crippen molar-refractivity contribution in [3.63, 3.8) is 0 Å². The van der Waals surface area contributed by atoms with Gasteiger partial charge in [0, 0.05) is 22.6 Å². The van der Waals surface area contributed by atoms with Gasteiger partial charge >= 0.3 is 5.97 Å². The van der Waals surface area contributed by atoms with Crippen molar-refractivity contribution >= 4 is 5.97 Å². The highest BCUT2D eigenvalue weighted by atomic mass is 19.1. The second-order valence-electron chi connectivity index (χ2n) is 9.18. The van der Waals surface area contributed by atoms with E-state index in [2.05, 4.69) is 0 Å². The van der Waals surface area contributed by atoms with Crippen molar-refractivity contribution in [2.45, 2.75) is 45.6 Å². The van der Waals surface area contributed by atoms with Crippen molar-refractivity contribution in [3.8, 4) is 22.4 Å². The lowest BCUT2D eigenvalue weighted by Crippen LogP contribution is -2.39. The van der Waals surface area contributed by atoms with Gasteiger partial charge in [-0.1, -0.05) is 61.7 Å².